The van der Waals surface area contributed by atoms with Crippen LogP contribution in [-0.2, 0) is 12.6 Å². The number of piperazine rings is 1. The van der Waals surface area contributed by atoms with Crippen molar-refractivity contribution in [3.8, 4) is 0 Å². The van der Waals surface area contributed by atoms with Gasteiger partial charge < -0.3 is 5.32 Å². The first-order valence-electron chi connectivity index (χ1n) is 9.16. The Kier molecular flexibility index (Phi) is 5.96. The summed E-state index contributed by atoms with van der Waals surface area (Å²) in [6.07, 6.45) is -1.00. The lowest BCUT2D eigenvalue weighted by Crippen LogP contribution is -2.56. The molecule has 0 radical (unpaired) electrons. The first-order chi connectivity index (χ1) is 12.9. The van der Waals surface area contributed by atoms with Crippen LogP contribution < -0.4 is 10.3 Å². The van der Waals surface area contributed by atoms with Crippen LogP contribution in [0.4, 0.5) is 24.8 Å². The second-order valence-electron chi connectivity index (χ2n) is 6.67. The normalized spacial score (nSPS) is 18.5. The second-order valence-corrected chi connectivity index (χ2v) is 6.67. The molecule has 0 amide bonds. The molecule has 1 unspecified atom stereocenters. The van der Waals surface area contributed by atoms with Gasteiger partial charge in [-0.05, 0) is 37.6 Å². The minimum Gasteiger partial charge on any atom is -0.314 e. The summed E-state index contributed by atoms with van der Waals surface area (Å²) < 4.78 is 39.7. The number of nitrogens with one attached hydrogen (secondary N) is 1. The fourth-order valence-electron chi connectivity index (χ4n) is 3.20. The molecule has 1 aliphatic rings. The minimum atomic E-state index is -4.40. The van der Waals surface area contributed by atoms with Crippen LogP contribution in [0, 0.1) is 0 Å². The number of hydrogen-bond acceptors (Lipinski definition) is 5. The molecule has 0 spiro atoms. The van der Waals surface area contributed by atoms with E-state index in [1.165, 1.54) is 6.07 Å². The smallest absolute Gasteiger partial charge is 0.314 e. The summed E-state index contributed by atoms with van der Waals surface area (Å²) in [5.41, 5.74) is 0.604. The largest absolute Gasteiger partial charge is 0.416 e. The first-order valence-corrected chi connectivity index (χ1v) is 9.16. The molecule has 1 N–H and O–H groups in total. The zero-order valence-electron chi connectivity index (χ0n) is 15.5. The van der Waals surface area contributed by atoms with Gasteiger partial charge in [-0.3, -0.25) is 0 Å². The second kappa shape index (κ2) is 8.22. The molecule has 8 heteroatoms. The molecular formula is C19H24F3N5. The Labute approximate surface area is 157 Å². The third kappa shape index (κ3) is 4.56. The Bertz CT molecular complexity index is 765. The van der Waals surface area contributed by atoms with Crippen molar-refractivity contribution in [2.75, 3.05) is 24.6 Å². The van der Waals surface area contributed by atoms with E-state index in [-0.39, 0.29) is 6.04 Å². The van der Waals surface area contributed by atoms with Crippen LogP contribution in [0.5, 0.6) is 0 Å². The Morgan fingerprint density at radius 1 is 1.30 bits per heavy atom. The molecule has 0 aliphatic carbocycles. The van der Waals surface area contributed by atoms with E-state index < -0.39 is 11.7 Å². The van der Waals surface area contributed by atoms with Gasteiger partial charge in [-0.2, -0.15) is 13.2 Å². The standard InChI is InChI=1S/C19H24F3N5/c1-3-5-16-8-9-24-18(25-16)27(26-11-10-23-13-14(26)2)17-7-4-6-15(12-17)19(20,21)22/h4,6-9,12,14,23H,3,5,10-11,13H2,1-2H3. The molecule has 0 saturated carbocycles. The van der Waals surface area contributed by atoms with Crippen LogP contribution >= 0.6 is 0 Å². The molecule has 146 valence electrons. The van der Waals surface area contributed by atoms with Gasteiger partial charge in [-0.15, -0.1) is 0 Å². The van der Waals surface area contributed by atoms with Gasteiger partial charge in [0.2, 0.25) is 5.95 Å². The van der Waals surface area contributed by atoms with E-state index in [4.69, 9.17) is 0 Å². The predicted octanol–water partition coefficient (Wildman–Crippen LogP) is 3.79. The molecule has 1 aromatic heterocycles. The quantitative estimate of drug-likeness (QED) is 0.856. The van der Waals surface area contributed by atoms with Crippen molar-refractivity contribution >= 4 is 11.6 Å². The van der Waals surface area contributed by atoms with Crippen LogP contribution in [0.15, 0.2) is 36.5 Å². The van der Waals surface area contributed by atoms with Crippen LogP contribution in [0.1, 0.15) is 31.5 Å². The summed E-state index contributed by atoms with van der Waals surface area (Å²) in [5.74, 6) is 0.397. The highest BCUT2D eigenvalue weighted by molar-refractivity contribution is 5.57. The lowest BCUT2D eigenvalue weighted by molar-refractivity contribution is -0.137. The fraction of sp³-hybridized carbons (Fsp3) is 0.474. The van der Waals surface area contributed by atoms with Gasteiger partial charge in [-0.25, -0.2) is 20.0 Å². The summed E-state index contributed by atoms with van der Waals surface area (Å²) in [4.78, 5) is 8.98. The molecule has 1 fully saturated rings. The van der Waals surface area contributed by atoms with Gasteiger partial charge in [0.25, 0.3) is 0 Å². The maximum absolute atomic E-state index is 13.2. The number of aromatic nitrogens is 2. The van der Waals surface area contributed by atoms with Crippen molar-refractivity contribution in [2.24, 2.45) is 0 Å². The molecule has 1 saturated heterocycles. The number of halogens is 3. The predicted molar refractivity (Wildman–Crippen MR) is 98.6 cm³/mol. The average molecular weight is 379 g/mol. The third-order valence-corrected chi connectivity index (χ3v) is 4.54. The maximum Gasteiger partial charge on any atom is 0.416 e. The minimum absolute atomic E-state index is 0.0896. The van der Waals surface area contributed by atoms with E-state index in [2.05, 4.69) is 22.2 Å². The number of aryl methyl sites for hydroxylation is 1. The van der Waals surface area contributed by atoms with E-state index in [0.717, 1.165) is 43.8 Å². The van der Waals surface area contributed by atoms with Crippen molar-refractivity contribution < 1.29 is 13.2 Å². The number of anilines is 2. The Morgan fingerprint density at radius 2 is 2.11 bits per heavy atom. The van der Waals surface area contributed by atoms with Crippen molar-refractivity contribution in [1.82, 2.24) is 20.3 Å². The number of hydrogen-bond donors (Lipinski definition) is 1. The first kappa shape index (κ1) is 19.6. The summed E-state index contributed by atoms with van der Waals surface area (Å²) in [5, 5.41) is 7.05. The van der Waals surface area contributed by atoms with E-state index in [1.807, 2.05) is 18.0 Å². The highest BCUT2D eigenvalue weighted by Gasteiger charge is 2.33. The summed E-state index contributed by atoms with van der Waals surface area (Å²) in [6, 6.07) is 7.26. The number of alkyl halides is 3. The number of benzene rings is 1. The van der Waals surface area contributed by atoms with Crippen LogP contribution in [-0.4, -0.2) is 40.7 Å². The number of rotatable bonds is 5. The molecule has 1 aromatic carbocycles. The molecular weight excluding hydrogens is 355 g/mol. The summed E-state index contributed by atoms with van der Waals surface area (Å²) in [7, 11) is 0. The SMILES string of the molecule is CCCc1ccnc(N(c2cccc(C(F)(F)F)c2)N2CCNCC2C)n1. The molecule has 1 aliphatic heterocycles. The average Bonchev–Trinajstić information content (AvgIpc) is 2.64. The van der Waals surface area contributed by atoms with Crippen molar-refractivity contribution in [1.29, 1.82) is 0 Å². The monoisotopic (exact) mass is 379 g/mol. The Balaban J connectivity index is 2.06. The molecule has 3 rings (SSSR count). The fourth-order valence-corrected chi connectivity index (χ4v) is 3.20. The highest BCUT2D eigenvalue weighted by Crippen LogP contribution is 2.34. The third-order valence-electron chi connectivity index (χ3n) is 4.54. The van der Waals surface area contributed by atoms with Gasteiger partial charge in [-0.1, -0.05) is 19.4 Å². The van der Waals surface area contributed by atoms with Gasteiger partial charge in [0.15, 0.2) is 0 Å². The van der Waals surface area contributed by atoms with E-state index in [1.54, 1.807) is 17.3 Å². The van der Waals surface area contributed by atoms with Gasteiger partial charge in [0.1, 0.15) is 0 Å². The highest BCUT2D eigenvalue weighted by atomic mass is 19.4. The van der Waals surface area contributed by atoms with Crippen LogP contribution in [0.2, 0.25) is 0 Å². The lowest BCUT2D eigenvalue weighted by Gasteiger charge is -2.42. The lowest BCUT2D eigenvalue weighted by atomic mass is 10.2. The maximum atomic E-state index is 13.2. The van der Waals surface area contributed by atoms with Gasteiger partial charge in [0.05, 0.1) is 11.3 Å². The van der Waals surface area contributed by atoms with Gasteiger partial charge in [0, 0.05) is 37.6 Å². The zero-order chi connectivity index (χ0) is 19.4. The number of nitrogens with zero attached hydrogens (tertiary/aromatic N) is 4. The van der Waals surface area contributed by atoms with E-state index in [9.17, 15) is 13.2 Å². The molecule has 5 nitrogen and oxygen atoms in total. The summed E-state index contributed by atoms with van der Waals surface area (Å²) >= 11 is 0. The van der Waals surface area contributed by atoms with Crippen molar-refractivity contribution in [3.05, 3.63) is 47.8 Å². The van der Waals surface area contributed by atoms with Crippen LogP contribution in [0.25, 0.3) is 0 Å². The van der Waals surface area contributed by atoms with Crippen molar-refractivity contribution in [3.63, 3.8) is 0 Å². The Morgan fingerprint density at radius 3 is 2.81 bits per heavy atom. The zero-order valence-corrected chi connectivity index (χ0v) is 15.5. The molecule has 1 atom stereocenters. The Hall–Kier alpha value is -2.19. The van der Waals surface area contributed by atoms with E-state index >= 15 is 0 Å². The molecule has 27 heavy (non-hydrogen) atoms. The molecule has 2 aromatic rings. The van der Waals surface area contributed by atoms with E-state index in [0.29, 0.717) is 18.2 Å². The number of hydrazine groups is 1. The summed E-state index contributed by atoms with van der Waals surface area (Å²) in [6.45, 7) is 6.23. The van der Waals surface area contributed by atoms with Crippen molar-refractivity contribution in [2.45, 2.75) is 38.9 Å². The molecule has 2 heterocycles. The topological polar surface area (TPSA) is 44.3 Å². The molecule has 0 bridgehead atoms. The van der Waals surface area contributed by atoms with Gasteiger partial charge >= 0.3 is 6.18 Å². The van der Waals surface area contributed by atoms with Crippen LogP contribution in [0.3, 0.4) is 0 Å².